The highest BCUT2D eigenvalue weighted by atomic mass is 35.5. The van der Waals surface area contributed by atoms with Gasteiger partial charge in [0.05, 0.1) is 15.9 Å². The number of carbonyl (C=O) groups is 2. The number of anilines is 1. The zero-order valence-corrected chi connectivity index (χ0v) is 15.5. The first-order chi connectivity index (χ1) is 12.5. The number of carbonyl (C=O) groups excluding carboxylic acids is 2. The van der Waals surface area contributed by atoms with Crippen molar-refractivity contribution in [1.29, 1.82) is 0 Å². The Balaban J connectivity index is 1.75. The van der Waals surface area contributed by atoms with E-state index in [0.29, 0.717) is 15.7 Å². The Morgan fingerprint density at radius 1 is 1.12 bits per heavy atom. The van der Waals surface area contributed by atoms with Crippen molar-refractivity contribution in [3.05, 3.63) is 64.1 Å². The summed E-state index contributed by atoms with van der Waals surface area (Å²) in [4.78, 5) is 30.9. The van der Waals surface area contributed by atoms with E-state index in [1.54, 1.807) is 24.3 Å². The monoisotopic (exact) mass is 399 g/mol. The third kappa shape index (κ3) is 3.01. The van der Waals surface area contributed by atoms with E-state index in [2.05, 4.69) is 10.3 Å². The number of para-hydroxylation sites is 1. The number of nitrogens with one attached hydrogen (secondary N) is 1. The summed E-state index contributed by atoms with van der Waals surface area (Å²) in [5.74, 6) is -1.04. The standard InChI is InChI=1S/C18H10ClN3O2S2/c19-10-5-7-11(8-6-10)22-17(24)12(16(23)21-18(22)25)9-15-20-13-3-1-2-4-14(13)26-15/h1-9H,(H,21,23,25)/b12-9+. The molecule has 2 heterocycles. The van der Waals surface area contributed by atoms with E-state index in [-0.39, 0.29) is 10.7 Å². The van der Waals surface area contributed by atoms with Gasteiger partial charge in [-0.1, -0.05) is 23.7 Å². The topological polar surface area (TPSA) is 62.3 Å². The molecule has 0 atom stereocenters. The van der Waals surface area contributed by atoms with Crippen molar-refractivity contribution in [1.82, 2.24) is 10.3 Å². The molecule has 0 radical (unpaired) electrons. The third-order valence-corrected chi connectivity index (χ3v) is 5.28. The van der Waals surface area contributed by atoms with Gasteiger partial charge in [0.15, 0.2) is 5.11 Å². The summed E-state index contributed by atoms with van der Waals surface area (Å²) in [6.07, 6.45) is 1.49. The van der Waals surface area contributed by atoms with Crippen molar-refractivity contribution in [2.24, 2.45) is 0 Å². The molecular weight excluding hydrogens is 390 g/mol. The summed E-state index contributed by atoms with van der Waals surface area (Å²) in [5.41, 5.74) is 1.32. The lowest BCUT2D eigenvalue weighted by Gasteiger charge is -2.28. The second kappa shape index (κ2) is 6.60. The average Bonchev–Trinajstić information content (AvgIpc) is 3.03. The van der Waals surface area contributed by atoms with Crippen molar-refractivity contribution in [3.63, 3.8) is 0 Å². The molecule has 3 aromatic rings. The minimum absolute atomic E-state index is 0.0207. The Bertz CT molecular complexity index is 1060. The maximum atomic E-state index is 12.9. The Kier molecular flexibility index (Phi) is 4.28. The summed E-state index contributed by atoms with van der Waals surface area (Å²) >= 11 is 12.5. The number of benzene rings is 2. The summed E-state index contributed by atoms with van der Waals surface area (Å²) in [6, 6.07) is 14.3. The van der Waals surface area contributed by atoms with E-state index in [4.69, 9.17) is 23.8 Å². The molecule has 2 amide bonds. The number of fused-ring (bicyclic) bond motifs is 1. The SMILES string of the molecule is O=C1NC(=S)N(c2ccc(Cl)cc2)C(=O)/C1=C/c1nc2ccccc2s1. The first kappa shape index (κ1) is 16.8. The van der Waals surface area contributed by atoms with Crippen LogP contribution in [0.25, 0.3) is 16.3 Å². The minimum atomic E-state index is -0.538. The first-order valence-electron chi connectivity index (χ1n) is 7.55. The van der Waals surface area contributed by atoms with Gasteiger partial charge in [-0.05, 0) is 54.7 Å². The lowest BCUT2D eigenvalue weighted by atomic mass is 10.1. The quantitative estimate of drug-likeness (QED) is 0.404. The molecule has 1 aromatic heterocycles. The van der Waals surface area contributed by atoms with Crippen LogP contribution in [0.5, 0.6) is 0 Å². The molecule has 0 bridgehead atoms. The molecule has 26 heavy (non-hydrogen) atoms. The number of hydrogen-bond donors (Lipinski definition) is 1. The molecule has 0 unspecified atom stereocenters. The van der Waals surface area contributed by atoms with Crippen LogP contribution in [0.3, 0.4) is 0 Å². The van der Waals surface area contributed by atoms with E-state index in [9.17, 15) is 9.59 Å². The molecule has 128 valence electrons. The minimum Gasteiger partial charge on any atom is -0.298 e. The fourth-order valence-electron chi connectivity index (χ4n) is 2.56. The van der Waals surface area contributed by atoms with Crippen LogP contribution < -0.4 is 10.2 Å². The number of thiazole rings is 1. The normalized spacial score (nSPS) is 16.4. The molecule has 1 aliphatic heterocycles. The van der Waals surface area contributed by atoms with Crippen LogP contribution >= 0.6 is 35.2 Å². The number of hydrogen-bond acceptors (Lipinski definition) is 5. The van der Waals surface area contributed by atoms with E-state index in [1.165, 1.54) is 22.3 Å². The number of aromatic nitrogens is 1. The molecule has 8 heteroatoms. The summed E-state index contributed by atoms with van der Waals surface area (Å²) in [5, 5.41) is 3.70. The van der Waals surface area contributed by atoms with E-state index in [1.807, 2.05) is 24.3 Å². The number of halogens is 1. The van der Waals surface area contributed by atoms with Crippen LogP contribution in [0, 0.1) is 0 Å². The smallest absolute Gasteiger partial charge is 0.270 e. The maximum Gasteiger partial charge on any atom is 0.270 e. The third-order valence-electron chi connectivity index (χ3n) is 3.76. The largest absolute Gasteiger partial charge is 0.298 e. The highest BCUT2D eigenvalue weighted by Gasteiger charge is 2.34. The van der Waals surface area contributed by atoms with Crippen LogP contribution in [-0.4, -0.2) is 21.9 Å². The van der Waals surface area contributed by atoms with Crippen molar-refractivity contribution in [3.8, 4) is 0 Å². The van der Waals surface area contributed by atoms with Crippen molar-refractivity contribution in [2.45, 2.75) is 0 Å². The Morgan fingerprint density at radius 3 is 2.58 bits per heavy atom. The van der Waals surface area contributed by atoms with Gasteiger partial charge in [0.2, 0.25) is 0 Å². The van der Waals surface area contributed by atoms with Gasteiger partial charge >= 0.3 is 0 Å². The van der Waals surface area contributed by atoms with Gasteiger partial charge in [0.25, 0.3) is 11.8 Å². The zero-order chi connectivity index (χ0) is 18.3. The van der Waals surface area contributed by atoms with Crippen LogP contribution in [0.4, 0.5) is 5.69 Å². The fraction of sp³-hybridized carbons (Fsp3) is 0. The lowest BCUT2D eigenvalue weighted by molar-refractivity contribution is -0.122. The molecule has 1 aliphatic rings. The predicted octanol–water partition coefficient (Wildman–Crippen LogP) is 3.78. The number of thiocarbonyl (C=S) groups is 1. The number of rotatable bonds is 2. The number of amides is 2. The van der Waals surface area contributed by atoms with Crippen LogP contribution in [0.15, 0.2) is 54.1 Å². The second-order valence-corrected chi connectivity index (χ2v) is 7.34. The van der Waals surface area contributed by atoms with Crippen molar-refractivity contribution in [2.75, 3.05) is 4.90 Å². The predicted molar refractivity (Wildman–Crippen MR) is 107 cm³/mol. The Morgan fingerprint density at radius 2 is 1.85 bits per heavy atom. The van der Waals surface area contributed by atoms with Crippen LogP contribution in [0.1, 0.15) is 5.01 Å². The van der Waals surface area contributed by atoms with Gasteiger partial charge in [0, 0.05) is 5.02 Å². The average molecular weight is 400 g/mol. The fourth-order valence-corrected chi connectivity index (χ4v) is 3.88. The number of nitrogens with zero attached hydrogens (tertiary/aromatic N) is 2. The zero-order valence-electron chi connectivity index (χ0n) is 13.1. The summed E-state index contributed by atoms with van der Waals surface area (Å²) in [7, 11) is 0. The maximum absolute atomic E-state index is 12.9. The molecule has 0 saturated carbocycles. The second-order valence-electron chi connectivity index (χ2n) is 5.45. The molecule has 4 rings (SSSR count). The molecule has 1 N–H and O–H groups in total. The van der Waals surface area contributed by atoms with E-state index < -0.39 is 11.8 Å². The van der Waals surface area contributed by atoms with Gasteiger partial charge in [-0.25, -0.2) is 4.98 Å². The molecule has 0 spiro atoms. The highest BCUT2D eigenvalue weighted by Crippen LogP contribution is 2.26. The van der Waals surface area contributed by atoms with Crippen molar-refractivity contribution >= 4 is 74.1 Å². The Labute approximate surface area is 162 Å². The van der Waals surface area contributed by atoms with Gasteiger partial charge in [0.1, 0.15) is 10.6 Å². The van der Waals surface area contributed by atoms with Gasteiger partial charge in [-0.3, -0.25) is 19.8 Å². The van der Waals surface area contributed by atoms with E-state index >= 15 is 0 Å². The van der Waals surface area contributed by atoms with Gasteiger partial charge < -0.3 is 0 Å². The summed E-state index contributed by atoms with van der Waals surface area (Å²) < 4.78 is 0.980. The molecule has 2 aromatic carbocycles. The van der Waals surface area contributed by atoms with E-state index in [0.717, 1.165) is 10.2 Å². The highest BCUT2D eigenvalue weighted by molar-refractivity contribution is 7.80. The van der Waals surface area contributed by atoms with Crippen LogP contribution in [0.2, 0.25) is 5.02 Å². The summed E-state index contributed by atoms with van der Waals surface area (Å²) in [6.45, 7) is 0. The van der Waals surface area contributed by atoms with Gasteiger partial charge in [-0.15, -0.1) is 11.3 Å². The first-order valence-corrected chi connectivity index (χ1v) is 9.16. The van der Waals surface area contributed by atoms with Crippen molar-refractivity contribution < 1.29 is 9.59 Å². The lowest BCUT2D eigenvalue weighted by Crippen LogP contribution is -2.54. The molecule has 1 saturated heterocycles. The molecule has 5 nitrogen and oxygen atoms in total. The molecule has 1 fully saturated rings. The van der Waals surface area contributed by atoms with Crippen LogP contribution in [-0.2, 0) is 9.59 Å². The molecule has 0 aliphatic carbocycles. The van der Waals surface area contributed by atoms with Gasteiger partial charge in [-0.2, -0.15) is 0 Å². The Hall–Kier alpha value is -2.61. The molecular formula is C18H10ClN3O2S2.